The van der Waals surface area contributed by atoms with Gasteiger partial charge in [0.1, 0.15) is 29.2 Å². The Bertz CT molecular complexity index is 2640. The van der Waals surface area contributed by atoms with Crippen LogP contribution in [0.1, 0.15) is 179 Å². The average Bonchev–Trinajstić information content (AvgIpc) is 2.02. The number of amides is 7. The number of carboxylic acids is 1. The Balaban J connectivity index is 1.73. The van der Waals surface area contributed by atoms with E-state index in [-0.39, 0.29) is 130 Å². The van der Waals surface area contributed by atoms with E-state index in [4.69, 9.17) is 19.2 Å². The predicted molar refractivity (Wildman–Crippen MR) is 338 cm³/mol. The molecule has 22 nitrogen and oxygen atoms in total. The summed E-state index contributed by atoms with van der Waals surface area (Å²) in [6.07, 6.45) is 6.13. The number of methoxy groups -OCH3 is 1. The third-order valence-corrected chi connectivity index (χ3v) is 17.4. The minimum atomic E-state index is -1.03. The minimum absolute atomic E-state index is 0.00507. The van der Waals surface area contributed by atoms with Crippen molar-refractivity contribution in [3.63, 3.8) is 0 Å². The second-order valence-corrected chi connectivity index (χ2v) is 25.2. The van der Waals surface area contributed by atoms with Crippen LogP contribution in [0.15, 0.2) is 35.7 Å². The number of hydrogen-bond donors (Lipinski definition) is 5. The molecule has 0 radical (unpaired) electrons. The van der Waals surface area contributed by atoms with Crippen LogP contribution in [-0.4, -0.2) is 175 Å². The SMILES string of the molecule is CCCO[C@H](C[C@H](C(C)C)N(CCC)C(=O)[C@@H](CC(=O)C(C)(C)N(C)C)C(C)CC)c1nc(C(=O)N[C@@H](Cc2ccc(C)c(NC(=O)CCCNC(=O)C(CCCCNC(=O)COCCOC)CC(=O)CCN3C(=O)C=CC3=O)c2)CC(C)C(=O)O)cs1. The molecule has 1 aliphatic heterocycles. The number of nitrogens with zero attached hydrogens (tertiary/aromatic N) is 4. The summed E-state index contributed by atoms with van der Waals surface area (Å²) in [6.45, 7) is 21.2. The minimum Gasteiger partial charge on any atom is -0.481 e. The molecule has 492 valence electrons. The molecule has 1 aliphatic rings. The van der Waals surface area contributed by atoms with Crippen molar-refractivity contribution in [2.24, 2.45) is 29.6 Å². The highest BCUT2D eigenvalue weighted by Gasteiger charge is 2.40. The Kier molecular flexibility index (Phi) is 33.7. The van der Waals surface area contributed by atoms with Gasteiger partial charge in [-0.25, -0.2) is 4.98 Å². The first-order valence-corrected chi connectivity index (χ1v) is 32.2. The van der Waals surface area contributed by atoms with Gasteiger partial charge < -0.3 is 45.5 Å². The number of thiazole rings is 1. The van der Waals surface area contributed by atoms with Gasteiger partial charge >= 0.3 is 5.97 Å². The van der Waals surface area contributed by atoms with Crippen LogP contribution >= 0.6 is 11.3 Å². The number of carbonyl (C=O) groups excluding carboxylic acids is 9. The number of unbranched alkanes of at least 4 members (excludes halogenated alkanes) is 1. The quantitative estimate of drug-likeness (QED) is 0.0314. The van der Waals surface area contributed by atoms with E-state index in [9.17, 15) is 53.1 Å². The molecule has 1 aromatic carbocycles. The van der Waals surface area contributed by atoms with Crippen LogP contribution in [0.25, 0.3) is 0 Å². The summed E-state index contributed by atoms with van der Waals surface area (Å²) in [5.74, 6) is -5.99. The number of rotatable bonds is 45. The number of nitrogens with one attached hydrogen (secondary N) is 4. The molecule has 2 heterocycles. The van der Waals surface area contributed by atoms with E-state index in [1.807, 2.05) is 84.5 Å². The molecule has 0 saturated carbocycles. The van der Waals surface area contributed by atoms with Crippen molar-refractivity contribution in [2.75, 3.05) is 79.1 Å². The summed E-state index contributed by atoms with van der Waals surface area (Å²) in [4.78, 5) is 141. The number of aryl methyl sites for hydroxylation is 1. The molecule has 1 aromatic heterocycles. The summed E-state index contributed by atoms with van der Waals surface area (Å²) in [7, 11) is 5.27. The van der Waals surface area contributed by atoms with Crippen LogP contribution in [0.2, 0.25) is 0 Å². The molecule has 7 atom stereocenters. The van der Waals surface area contributed by atoms with E-state index in [0.29, 0.717) is 69.1 Å². The number of anilines is 1. The maximum Gasteiger partial charge on any atom is 0.306 e. The lowest BCUT2D eigenvalue weighted by atomic mass is 9.81. The summed E-state index contributed by atoms with van der Waals surface area (Å²) in [6, 6.07) is 4.53. The van der Waals surface area contributed by atoms with E-state index in [0.717, 1.165) is 41.0 Å². The summed E-state index contributed by atoms with van der Waals surface area (Å²) in [5.41, 5.74) is 1.38. The van der Waals surface area contributed by atoms with Crippen molar-refractivity contribution >= 4 is 75.9 Å². The molecular weight excluding hydrogens is 1150 g/mol. The fourth-order valence-electron chi connectivity index (χ4n) is 10.1. The Hall–Kier alpha value is -6.27. The maximum atomic E-state index is 14.9. The fourth-order valence-corrected chi connectivity index (χ4v) is 11.0. The summed E-state index contributed by atoms with van der Waals surface area (Å²) in [5, 5.41) is 23.8. The Morgan fingerprint density at radius 3 is 2.16 bits per heavy atom. The van der Waals surface area contributed by atoms with E-state index in [1.165, 1.54) is 18.4 Å². The zero-order valence-corrected chi connectivity index (χ0v) is 55.4. The number of aliphatic carboxylic acids is 1. The molecule has 7 amide bonds. The average molecular weight is 1250 g/mol. The largest absolute Gasteiger partial charge is 0.481 e. The highest BCUT2D eigenvalue weighted by Crippen LogP contribution is 2.34. The lowest BCUT2D eigenvalue weighted by molar-refractivity contribution is -0.145. The number of likely N-dealkylation sites (N-methyl/N-ethyl adjacent to an activating group) is 1. The number of imide groups is 1. The van der Waals surface area contributed by atoms with Crippen LogP contribution in [0.4, 0.5) is 5.69 Å². The highest BCUT2D eigenvalue weighted by atomic mass is 32.1. The van der Waals surface area contributed by atoms with Gasteiger partial charge in [-0.15, -0.1) is 11.3 Å². The van der Waals surface area contributed by atoms with Crippen molar-refractivity contribution in [1.82, 2.24) is 35.6 Å². The van der Waals surface area contributed by atoms with Gasteiger partial charge in [0.25, 0.3) is 17.7 Å². The molecule has 5 N–H and O–H groups in total. The standard InChI is InChI=1S/C65H102N8O14S/c1-14-29-72(63(82)50(43(6)16-3)38-55(75)65(9,10)71(11)12)53(42(4)5)39-54(87-31-15-2)62-70-52(41-88-62)61(81)68-48(34-45(8)64(83)84)35-46-23-22-44(7)51(36-46)69-56(76)21-19-28-67-60(80)47(20-17-18-27-66-57(77)40-86-33-32-85-13)37-49(74)26-30-73-58(78)24-25-59(73)79/h22-25,36,41-43,45,47-48,50,53-54H,14-21,26-35,37-40H2,1-13H3,(H,66,77)(H,67,80)(H,68,81)(H,69,76)(H,83,84)/t43?,45?,47?,48-,50+,53-,54-/m1/s1. The first kappa shape index (κ1) is 76.0. The molecule has 2 aromatic rings. The molecule has 3 rings (SSSR count). The predicted octanol–water partition coefficient (Wildman–Crippen LogP) is 7.66. The maximum absolute atomic E-state index is 14.9. The molecule has 0 bridgehead atoms. The molecule has 3 unspecified atom stereocenters. The van der Waals surface area contributed by atoms with Crippen molar-refractivity contribution in [3.8, 4) is 0 Å². The molecule has 0 aliphatic carbocycles. The number of ether oxygens (including phenoxy) is 3. The number of Topliss-reactive ketones (excluding diaryl/α,β-unsaturated/α-hetero) is 2. The number of ketones is 2. The number of aromatic nitrogens is 1. The van der Waals surface area contributed by atoms with Gasteiger partial charge in [0.05, 0.1) is 24.7 Å². The van der Waals surface area contributed by atoms with E-state index in [1.54, 1.807) is 18.4 Å². The first-order chi connectivity index (χ1) is 41.7. The second kappa shape index (κ2) is 39.0. The zero-order chi connectivity index (χ0) is 65.7. The van der Waals surface area contributed by atoms with Gasteiger partial charge in [-0.05, 0) is 109 Å². The Labute approximate surface area is 525 Å². The molecular formula is C65H102N8O14S. The van der Waals surface area contributed by atoms with Crippen LogP contribution in [0.5, 0.6) is 0 Å². The van der Waals surface area contributed by atoms with Gasteiger partial charge in [0.2, 0.25) is 23.6 Å². The molecule has 23 heteroatoms. The molecule has 0 spiro atoms. The van der Waals surface area contributed by atoms with Gasteiger partial charge in [0.15, 0.2) is 5.78 Å². The lowest BCUT2D eigenvalue weighted by Gasteiger charge is -2.40. The zero-order valence-electron chi connectivity index (χ0n) is 54.6. The van der Waals surface area contributed by atoms with E-state index in [2.05, 4.69) is 35.1 Å². The number of benzene rings is 1. The van der Waals surface area contributed by atoms with Crippen molar-refractivity contribution in [2.45, 2.75) is 183 Å². The molecule has 0 saturated heterocycles. The highest BCUT2D eigenvalue weighted by molar-refractivity contribution is 7.09. The third-order valence-electron chi connectivity index (χ3n) is 16.4. The number of carbonyl (C=O) groups is 10. The molecule has 0 fully saturated rings. The van der Waals surface area contributed by atoms with Crippen molar-refractivity contribution < 1.29 is 67.3 Å². The Morgan fingerprint density at radius 2 is 1.53 bits per heavy atom. The van der Waals surface area contributed by atoms with Crippen LogP contribution < -0.4 is 21.3 Å². The normalized spacial score (nSPS) is 14.9. The van der Waals surface area contributed by atoms with E-state index < -0.39 is 59.1 Å². The lowest BCUT2D eigenvalue weighted by Crippen LogP contribution is -2.51. The number of carboxylic acid groups (broad SMARTS) is 1. The molecule has 88 heavy (non-hydrogen) atoms. The van der Waals surface area contributed by atoms with Gasteiger partial charge in [-0.2, -0.15) is 0 Å². The van der Waals surface area contributed by atoms with Crippen molar-refractivity contribution in [3.05, 3.63) is 57.6 Å². The summed E-state index contributed by atoms with van der Waals surface area (Å²) < 4.78 is 16.6. The van der Waals surface area contributed by atoms with Crippen LogP contribution in [0.3, 0.4) is 0 Å². The smallest absolute Gasteiger partial charge is 0.306 e. The first-order valence-electron chi connectivity index (χ1n) is 31.4. The monoisotopic (exact) mass is 1250 g/mol. The number of hydrogen-bond acceptors (Lipinski definition) is 16. The van der Waals surface area contributed by atoms with Gasteiger partial charge in [-0.1, -0.05) is 73.4 Å². The Morgan fingerprint density at radius 1 is 0.841 bits per heavy atom. The second-order valence-electron chi connectivity index (χ2n) is 24.3. The fraction of sp³-hybridized carbons (Fsp3) is 0.677. The van der Waals surface area contributed by atoms with Gasteiger partial charge in [0, 0.05) is 119 Å². The van der Waals surface area contributed by atoms with Crippen molar-refractivity contribution in [1.29, 1.82) is 0 Å². The van der Waals surface area contributed by atoms with Crippen LogP contribution in [-0.2, 0) is 63.8 Å². The van der Waals surface area contributed by atoms with Gasteiger partial charge in [-0.3, -0.25) is 57.7 Å². The van der Waals surface area contributed by atoms with Crippen LogP contribution in [0, 0.1) is 36.5 Å². The topological polar surface area (TPSA) is 289 Å². The summed E-state index contributed by atoms with van der Waals surface area (Å²) >= 11 is 1.28. The third kappa shape index (κ3) is 25.3. The van der Waals surface area contributed by atoms with E-state index >= 15 is 0 Å².